The molecule has 194 valence electrons. The fourth-order valence-electron chi connectivity index (χ4n) is 4.44. The van der Waals surface area contributed by atoms with Crippen molar-refractivity contribution in [1.29, 1.82) is 0 Å². The van der Waals surface area contributed by atoms with Crippen LogP contribution in [0.15, 0.2) is 52.3 Å². The van der Waals surface area contributed by atoms with Gasteiger partial charge >= 0.3 is 0 Å². The van der Waals surface area contributed by atoms with Crippen molar-refractivity contribution in [3.63, 3.8) is 0 Å². The lowest BCUT2D eigenvalue weighted by atomic mass is 9.93. The molecular formula is C29H33N3O4S. The Morgan fingerprint density at radius 1 is 1.14 bits per heavy atom. The van der Waals surface area contributed by atoms with E-state index in [2.05, 4.69) is 22.4 Å². The maximum atomic E-state index is 13.0. The number of carbonyl (C=O) groups excluding carboxylic acids is 1. The normalized spacial score (nSPS) is 11.7. The molecule has 37 heavy (non-hydrogen) atoms. The first kappa shape index (κ1) is 26.6. The summed E-state index contributed by atoms with van der Waals surface area (Å²) in [6.07, 6.45) is 3.78. The molecule has 0 aliphatic rings. The summed E-state index contributed by atoms with van der Waals surface area (Å²) in [5.41, 5.74) is 3.43. The molecule has 2 heterocycles. The fourth-order valence-corrected chi connectivity index (χ4v) is 5.03. The van der Waals surface area contributed by atoms with Gasteiger partial charge in [0.25, 0.3) is 11.5 Å². The average Bonchev–Trinajstić information content (AvgIpc) is 3.29. The monoisotopic (exact) mass is 519 g/mol. The summed E-state index contributed by atoms with van der Waals surface area (Å²) in [5.74, 6) is 1.05. The summed E-state index contributed by atoms with van der Waals surface area (Å²) < 4.78 is 8.02. The Morgan fingerprint density at radius 2 is 1.81 bits per heavy atom. The zero-order chi connectivity index (χ0) is 27.1. The molecule has 0 saturated carbocycles. The van der Waals surface area contributed by atoms with Crippen LogP contribution in [0.3, 0.4) is 0 Å². The van der Waals surface area contributed by atoms with Crippen LogP contribution in [-0.2, 0) is 12.6 Å². The number of hydrogen-bond donors (Lipinski definition) is 3. The average molecular weight is 520 g/mol. The van der Waals surface area contributed by atoms with Gasteiger partial charge in [-0.15, -0.1) is 11.8 Å². The van der Waals surface area contributed by atoms with Gasteiger partial charge in [-0.2, -0.15) is 0 Å². The zero-order valence-electron chi connectivity index (χ0n) is 22.3. The Bertz CT molecular complexity index is 1540. The first-order valence-corrected chi connectivity index (χ1v) is 13.4. The smallest absolute Gasteiger partial charge is 0.274 e. The van der Waals surface area contributed by atoms with Gasteiger partial charge in [0.15, 0.2) is 0 Å². The van der Waals surface area contributed by atoms with Crippen LogP contribution in [0.4, 0.5) is 0 Å². The molecule has 3 N–H and O–H groups in total. The Balaban J connectivity index is 1.98. The minimum atomic E-state index is -1.09. The number of aromatic amines is 1. The van der Waals surface area contributed by atoms with Crippen molar-refractivity contribution in [3.8, 4) is 22.6 Å². The number of nitrogens with zero attached hydrogens (tertiary/aromatic N) is 1. The van der Waals surface area contributed by atoms with E-state index in [1.807, 2.05) is 45.2 Å². The molecule has 7 nitrogen and oxygen atoms in total. The van der Waals surface area contributed by atoms with Crippen molar-refractivity contribution in [2.24, 2.45) is 7.05 Å². The van der Waals surface area contributed by atoms with Crippen molar-refractivity contribution < 1.29 is 14.6 Å². The van der Waals surface area contributed by atoms with Gasteiger partial charge in [0, 0.05) is 41.2 Å². The molecular weight excluding hydrogens is 486 g/mol. The molecule has 0 unspecified atom stereocenters. The van der Waals surface area contributed by atoms with Crippen LogP contribution in [0.25, 0.3) is 22.0 Å². The standard InChI is InChI=1S/C29H33N3O4S/c1-8-30-27(33)23-14-21-22(15-32(6)28(34)25(21)31-23)20-13-18(29(4,5)35)9-10-24(20)36-26-16(2)11-19(37-7)12-17(26)3/h9-15,31,35H,8H2,1-7H3,(H,30,33). The van der Waals surface area contributed by atoms with E-state index in [4.69, 9.17) is 4.74 Å². The number of H-pyrrole nitrogens is 1. The zero-order valence-corrected chi connectivity index (χ0v) is 23.1. The van der Waals surface area contributed by atoms with Gasteiger partial charge in [-0.05, 0) is 87.9 Å². The van der Waals surface area contributed by atoms with E-state index in [0.717, 1.165) is 21.8 Å². The van der Waals surface area contributed by atoms with Gasteiger partial charge in [-0.1, -0.05) is 6.07 Å². The summed E-state index contributed by atoms with van der Waals surface area (Å²) in [6.45, 7) is 9.79. The minimum absolute atomic E-state index is 0.241. The van der Waals surface area contributed by atoms with E-state index in [1.165, 1.54) is 4.57 Å². The molecule has 4 rings (SSSR count). The predicted molar refractivity (Wildman–Crippen MR) is 150 cm³/mol. The molecule has 0 radical (unpaired) electrons. The van der Waals surface area contributed by atoms with Gasteiger partial charge in [0.05, 0.1) is 5.60 Å². The van der Waals surface area contributed by atoms with Crippen LogP contribution in [-0.4, -0.2) is 33.4 Å². The van der Waals surface area contributed by atoms with Crippen LogP contribution in [0.1, 0.15) is 48.0 Å². The largest absolute Gasteiger partial charge is 0.456 e. The van der Waals surface area contributed by atoms with Gasteiger partial charge in [-0.3, -0.25) is 9.59 Å². The number of aliphatic hydroxyl groups is 1. The van der Waals surface area contributed by atoms with E-state index in [9.17, 15) is 14.7 Å². The van der Waals surface area contributed by atoms with Crippen molar-refractivity contribution in [3.05, 3.63) is 75.3 Å². The maximum Gasteiger partial charge on any atom is 0.274 e. The molecule has 0 saturated heterocycles. The van der Waals surface area contributed by atoms with Crippen LogP contribution in [0.5, 0.6) is 11.5 Å². The third-order valence-corrected chi connectivity index (χ3v) is 7.11. The quantitative estimate of drug-likeness (QED) is 0.275. The Hall–Kier alpha value is -3.49. The Kier molecular flexibility index (Phi) is 7.26. The number of aryl methyl sites for hydroxylation is 3. The van der Waals surface area contributed by atoms with Crippen LogP contribution in [0.2, 0.25) is 0 Å². The van der Waals surface area contributed by atoms with E-state index in [1.54, 1.807) is 44.9 Å². The first-order chi connectivity index (χ1) is 17.4. The van der Waals surface area contributed by atoms with Crippen LogP contribution >= 0.6 is 11.8 Å². The number of amides is 1. The summed E-state index contributed by atoms with van der Waals surface area (Å²) >= 11 is 1.68. The van der Waals surface area contributed by atoms with Gasteiger partial charge < -0.3 is 24.7 Å². The third kappa shape index (κ3) is 5.17. The van der Waals surface area contributed by atoms with Gasteiger partial charge in [0.2, 0.25) is 0 Å². The number of ether oxygens (including phenoxy) is 1. The molecule has 2 aromatic heterocycles. The van der Waals surface area contributed by atoms with Crippen molar-refractivity contribution in [2.45, 2.75) is 45.1 Å². The molecule has 0 spiro atoms. The van der Waals surface area contributed by atoms with E-state index < -0.39 is 5.60 Å². The van der Waals surface area contributed by atoms with E-state index in [-0.39, 0.29) is 11.5 Å². The summed E-state index contributed by atoms with van der Waals surface area (Å²) in [5, 5.41) is 14.2. The number of thioether (sulfide) groups is 1. The molecule has 0 fully saturated rings. The van der Waals surface area contributed by atoms with Crippen LogP contribution < -0.4 is 15.6 Å². The highest BCUT2D eigenvalue weighted by Crippen LogP contribution is 2.41. The van der Waals surface area contributed by atoms with Crippen molar-refractivity contribution >= 4 is 28.6 Å². The summed E-state index contributed by atoms with van der Waals surface area (Å²) in [6, 6.07) is 11.4. The molecule has 8 heteroatoms. The topological polar surface area (TPSA) is 96.3 Å². The third-order valence-electron chi connectivity index (χ3n) is 6.40. The van der Waals surface area contributed by atoms with Crippen molar-refractivity contribution in [1.82, 2.24) is 14.9 Å². The second-order valence-corrected chi connectivity index (χ2v) is 10.6. The predicted octanol–water partition coefficient (Wildman–Crippen LogP) is 5.64. The number of carbonyl (C=O) groups is 1. The number of fused-ring (bicyclic) bond motifs is 1. The summed E-state index contributed by atoms with van der Waals surface area (Å²) in [7, 11) is 1.67. The van der Waals surface area contributed by atoms with Gasteiger partial charge in [0.1, 0.15) is 22.7 Å². The summed E-state index contributed by atoms with van der Waals surface area (Å²) in [4.78, 5) is 29.7. The number of aromatic nitrogens is 2. The maximum absolute atomic E-state index is 13.0. The Labute approximate surface area is 220 Å². The van der Waals surface area contributed by atoms with Gasteiger partial charge in [-0.25, -0.2) is 0 Å². The van der Waals surface area contributed by atoms with Crippen LogP contribution in [0, 0.1) is 13.8 Å². The minimum Gasteiger partial charge on any atom is -0.456 e. The number of benzene rings is 2. The molecule has 0 aliphatic carbocycles. The van der Waals surface area contributed by atoms with Crippen molar-refractivity contribution in [2.75, 3.05) is 12.8 Å². The fraction of sp³-hybridized carbons (Fsp3) is 0.310. The lowest BCUT2D eigenvalue weighted by Crippen LogP contribution is -2.23. The lowest BCUT2D eigenvalue weighted by molar-refractivity contribution is 0.0786. The highest BCUT2D eigenvalue weighted by atomic mass is 32.2. The SMILES string of the molecule is CCNC(=O)c1cc2c(-c3cc(C(C)(C)O)ccc3Oc3c(C)cc(SC)cc3C)cn(C)c(=O)c2[nH]1. The molecule has 0 bridgehead atoms. The molecule has 4 aromatic rings. The first-order valence-electron chi connectivity index (χ1n) is 12.2. The van der Waals surface area contributed by atoms with E-state index >= 15 is 0 Å². The highest BCUT2D eigenvalue weighted by molar-refractivity contribution is 7.98. The molecule has 1 amide bonds. The number of pyridine rings is 1. The Morgan fingerprint density at radius 3 is 2.41 bits per heavy atom. The number of hydrogen-bond acceptors (Lipinski definition) is 5. The molecule has 2 aromatic carbocycles. The lowest BCUT2D eigenvalue weighted by Gasteiger charge is -2.22. The highest BCUT2D eigenvalue weighted by Gasteiger charge is 2.23. The number of nitrogens with one attached hydrogen (secondary N) is 2. The molecule has 0 atom stereocenters. The second kappa shape index (κ2) is 10.1. The second-order valence-electron chi connectivity index (χ2n) is 9.75. The molecule has 0 aliphatic heterocycles. The van der Waals surface area contributed by atoms with E-state index in [0.29, 0.717) is 45.6 Å². The number of rotatable bonds is 7.